The second-order valence-electron chi connectivity index (χ2n) is 4.09. The Balaban J connectivity index is 2.14. The summed E-state index contributed by atoms with van der Waals surface area (Å²) in [7, 11) is 1.35. The van der Waals surface area contributed by atoms with Gasteiger partial charge in [0, 0.05) is 5.56 Å². The summed E-state index contributed by atoms with van der Waals surface area (Å²) in [4.78, 5) is 21.4. The molecular weight excluding hydrogens is 329 g/mol. The molecule has 7 heteroatoms. The summed E-state index contributed by atoms with van der Waals surface area (Å²) >= 11 is 11.9. The lowest BCUT2D eigenvalue weighted by molar-refractivity contribution is -0.164. The third-order valence-corrected chi connectivity index (χ3v) is 3.32. The van der Waals surface area contributed by atoms with E-state index in [1.165, 1.54) is 19.2 Å². The van der Waals surface area contributed by atoms with Crippen LogP contribution in [0, 0.1) is 5.41 Å². The number of halogens is 2. The van der Waals surface area contributed by atoms with E-state index in [9.17, 15) is 4.79 Å². The largest absolute Gasteiger partial charge is 0.494 e. The first-order valence-corrected chi connectivity index (χ1v) is 6.85. The number of hydrogen-bond acceptors (Lipinski definition) is 5. The van der Waals surface area contributed by atoms with E-state index < -0.39 is 5.97 Å². The van der Waals surface area contributed by atoms with Crippen LogP contribution in [0.15, 0.2) is 42.5 Å². The van der Waals surface area contributed by atoms with Crippen LogP contribution in [0.25, 0.3) is 0 Å². The van der Waals surface area contributed by atoms with Gasteiger partial charge < -0.3 is 4.74 Å². The van der Waals surface area contributed by atoms with Gasteiger partial charge in [-0.3, -0.25) is 10.3 Å². The summed E-state index contributed by atoms with van der Waals surface area (Å²) in [5.41, 5.74) is 0.386. The lowest BCUT2D eigenvalue weighted by Crippen LogP contribution is -2.13. The molecule has 114 valence electrons. The molecule has 2 aromatic carbocycles. The molecule has 0 aliphatic rings. The molecule has 0 radical (unpaired) electrons. The Morgan fingerprint density at radius 1 is 1.00 bits per heavy atom. The van der Waals surface area contributed by atoms with E-state index in [2.05, 4.69) is 4.89 Å². The van der Waals surface area contributed by atoms with Gasteiger partial charge in [-0.2, -0.15) is 0 Å². The minimum Gasteiger partial charge on any atom is -0.494 e. The van der Waals surface area contributed by atoms with Crippen LogP contribution in [0.5, 0.6) is 5.75 Å². The van der Waals surface area contributed by atoms with E-state index in [0.29, 0.717) is 5.56 Å². The van der Waals surface area contributed by atoms with E-state index in [1.54, 1.807) is 30.3 Å². The summed E-state index contributed by atoms with van der Waals surface area (Å²) < 4.78 is 5.04. The third kappa shape index (κ3) is 3.50. The van der Waals surface area contributed by atoms with Crippen molar-refractivity contribution in [2.45, 2.75) is 0 Å². The van der Waals surface area contributed by atoms with Gasteiger partial charge in [0.25, 0.3) is 5.90 Å². The summed E-state index contributed by atoms with van der Waals surface area (Å²) in [6.07, 6.45) is 0. The van der Waals surface area contributed by atoms with Crippen LogP contribution in [-0.4, -0.2) is 19.0 Å². The van der Waals surface area contributed by atoms with Crippen molar-refractivity contribution in [3.8, 4) is 5.75 Å². The molecule has 0 amide bonds. The quantitative estimate of drug-likeness (QED) is 0.395. The second kappa shape index (κ2) is 7.15. The molecule has 0 unspecified atom stereocenters. The third-order valence-electron chi connectivity index (χ3n) is 2.70. The highest BCUT2D eigenvalue weighted by Gasteiger charge is 2.22. The average Bonchev–Trinajstić information content (AvgIpc) is 2.54. The Morgan fingerprint density at radius 2 is 1.64 bits per heavy atom. The highest BCUT2D eigenvalue weighted by Crippen LogP contribution is 2.34. The van der Waals surface area contributed by atoms with Crippen molar-refractivity contribution in [2.24, 2.45) is 0 Å². The minimum atomic E-state index is -0.912. The van der Waals surface area contributed by atoms with Crippen molar-refractivity contribution in [1.82, 2.24) is 0 Å². The van der Waals surface area contributed by atoms with Gasteiger partial charge in [-0.1, -0.05) is 41.4 Å². The van der Waals surface area contributed by atoms with Gasteiger partial charge in [0.2, 0.25) is 0 Å². The standard InChI is InChI=1S/C15H11Cl2NO4/c1-20-13-11(17)8-7-10(16)12(13)15(19)22-21-14(18)9-5-3-2-4-6-9/h2-8,18H,1H3. The molecule has 0 fully saturated rings. The first-order valence-electron chi connectivity index (χ1n) is 6.09. The average molecular weight is 340 g/mol. The monoisotopic (exact) mass is 339 g/mol. The molecular formula is C15H11Cl2NO4. The van der Waals surface area contributed by atoms with Gasteiger partial charge >= 0.3 is 5.97 Å². The number of ether oxygens (including phenoxy) is 1. The maximum atomic E-state index is 12.1. The number of carbonyl (C=O) groups excluding carboxylic acids is 1. The summed E-state index contributed by atoms with van der Waals surface area (Å²) in [5.74, 6) is -1.15. The fourth-order valence-corrected chi connectivity index (χ4v) is 2.14. The number of methoxy groups -OCH3 is 1. The highest BCUT2D eigenvalue weighted by atomic mass is 35.5. The topological polar surface area (TPSA) is 68.6 Å². The van der Waals surface area contributed by atoms with Crippen LogP contribution in [0.1, 0.15) is 15.9 Å². The number of carbonyl (C=O) groups is 1. The van der Waals surface area contributed by atoms with Crippen LogP contribution in [-0.2, 0) is 9.78 Å². The van der Waals surface area contributed by atoms with Gasteiger partial charge in [0.15, 0.2) is 5.75 Å². The zero-order valence-corrected chi connectivity index (χ0v) is 12.9. The van der Waals surface area contributed by atoms with Crippen LogP contribution in [0.4, 0.5) is 0 Å². The zero-order chi connectivity index (χ0) is 16.1. The van der Waals surface area contributed by atoms with Crippen molar-refractivity contribution in [2.75, 3.05) is 7.11 Å². The number of rotatable bonds is 3. The Kier molecular flexibility index (Phi) is 5.25. The Labute approximate surface area is 136 Å². The molecule has 5 nitrogen and oxygen atoms in total. The van der Waals surface area contributed by atoms with E-state index in [1.807, 2.05) is 0 Å². The molecule has 0 spiro atoms. The van der Waals surface area contributed by atoms with Crippen molar-refractivity contribution in [3.05, 3.63) is 63.6 Å². The number of nitrogens with one attached hydrogen (secondary N) is 1. The Hall–Kier alpha value is -2.24. The predicted octanol–water partition coefficient (Wildman–Crippen LogP) is 4.12. The van der Waals surface area contributed by atoms with Gasteiger partial charge in [0.05, 0.1) is 17.2 Å². The van der Waals surface area contributed by atoms with E-state index in [4.69, 9.17) is 38.2 Å². The fourth-order valence-electron chi connectivity index (χ4n) is 1.68. The molecule has 2 aromatic rings. The molecule has 0 heterocycles. The number of hydrogen-bond donors (Lipinski definition) is 1. The van der Waals surface area contributed by atoms with Crippen LogP contribution in [0.2, 0.25) is 10.0 Å². The molecule has 0 aromatic heterocycles. The smallest absolute Gasteiger partial charge is 0.391 e. The van der Waals surface area contributed by atoms with Crippen molar-refractivity contribution in [1.29, 1.82) is 5.41 Å². The molecule has 2 rings (SSSR count). The van der Waals surface area contributed by atoms with Gasteiger partial charge in [0.1, 0.15) is 5.56 Å². The molecule has 0 aliphatic heterocycles. The summed E-state index contributed by atoms with van der Waals surface area (Å²) in [5, 5.41) is 7.99. The lowest BCUT2D eigenvalue weighted by Gasteiger charge is -2.11. The second-order valence-corrected chi connectivity index (χ2v) is 4.90. The van der Waals surface area contributed by atoms with Crippen LogP contribution >= 0.6 is 23.2 Å². The lowest BCUT2D eigenvalue weighted by atomic mass is 10.2. The SMILES string of the molecule is COc1c(Cl)ccc(Cl)c1C(=O)OOC(=N)c1ccccc1. The molecule has 0 bridgehead atoms. The van der Waals surface area contributed by atoms with Crippen LogP contribution in [0.3, 0.4) is 0 Å². The molecule has 0 atom stereocenters. The Morgan fingerprint density at radius 3 is 2.27 bits per heavy atom. The van der Waals surface area contributed by atoms with E-state index in [0.717, 1.165) is 0 Å². The zero-order valence-electron chi connectivity index (χ0n) is 11.4. The maximum absolute atomic E-state index is 12.1. The minimum absolute atomic E-state index is 0.0717. The van der Waals surface area contributed by atoms with Crippen molar-refractivity contribution < 1.29 is 19.3 Å². The van der Waals surface area contributed by atoms with Crippen LogP contribution < -0.4 is 4.74 Å². The normalized spacial score (nSPS) is 9.95. The van der Waals surface area contributed by atoms with Gasteiger partial charge in [-0.05, 0) is 24.3 Å². The highest BCUT2D eigenvalue weighted by molar-refractivity contribution is 6.37. The summed E-state index contributed by atoms with van der Waals surface area (Å²) in [6, 6.07) is 11.5. The Bertz CT molecular complexity index is 704. The molecule has 0 aliphatic carbocycles. The van der Waals surface area contributed by atoms with E-state index in [-0.39, 0.29) is 27.3 Å². The fraction of sp³-hybridized carbons (Fsp3) is 0.0667. The maximum Gasteiger partial charge on any atom is 0.391 e. The van der Waals surface area contributed by atoms with Gasteiger partial charge in [-0.15, -0.1) is 0 Å². The summed E-state index contributed by atoms with van der Waals surface area (Å²) in [6.45, 7) is 0. The first kappa shape index (κ1) is 16.1. The molecule has 0 saturated heterocycles. The predicted molar refractivity (Wildman–Crippen MR) is 82.8 cm³/mol. The van der Waals surface area contributed by atoms with Gasteiger partial charge in [-0.25, -0.2) is 9.68 Å². The van der Waals surface area contributed by atoms with E-state index >= 15 is 0 Å². The first-order chi connectivity index (χ1) is 10.5. The molecule has 0 saturated carbocycles. The molecule has 22 heavy (non-hydrogen) atoms. The van der Waals surface area contributed by atoms with Crippen molar-refractivity contribution in [3.63, 3.8) is 0 Å². The number of benzene rings is 2. The molecule has 1 N–H and O–H groups in total. The van der Waals surface area contributed by atoms with Crippen molar-refractivity contribution >= 4 is 35.1 Å².